The normalized spacial score (nSPS) is 12.0. The number of nitrogens with zero attached hydrogens (tertiary/aromatic N) is 4. The number of hydrogen-bond acceptors (Lipinski definition) is 4. The molecule has 0 atom stereocenters. The Hall–Kier alpha value is -1.99. The molecule has 0 aliphatic heterocycles. The minimum Gasteiger partial charge on any atom is -0.407 e. The zero-order valence-corrected chi connectivity index (χ0v) is 27.2. The average molecular weight is 563 g/mol. The molecule has 0 saturated carbocycles. The highest BCUT2D eigenvalue weighted by Crippen LogP contribution is 2.22. The molecule has 0 fully saturated rings. The number of carbonyl (C=O) groups is 2. The molecule has 7 heteroatoms. The van der Waals surface area contributed by atoms with Gasteiger partial charge in [-0.25, -0.2) is 14.6 Å². The van der Waals surface area contributed by atoms with Gasteiger partial charge in [0.2, 0.25) is 5.69 Å². The van der Waals surface area contributed by atoms with Gasteiger partial charge in [0, 0.05) is 20.3 Å². The summed E-state index contributed by atoms with van der Waals surface area (Å²) in [6.07, 6.45) is 19.0. The number of aromatic nitrogens is 1. The first-order valence-electron chi connectivity index (χ1n) is 16.2. The lowest BCUT2D eigenvalue weighted by Crippen LogP contribution is -2.50. The van der Waals surface area contributed by atoms with Crippen molar-refractivity contribution in [2.75, 3.05) is 60.9 Å². The molecule has 1 aromatic rings. The zero-order chi connectivity index (χ0) is 29.9. The summed E-state index contributed by atoms with van der Waals surface area (Å²) < 4.78 is 6.94. The van der Waals surface area contributed by atoms with Gasteiger partial charge in [0.1, 0.15) is 0 Å². The predicted octanol–water partition coefficient (Wildman–Crippen LogP) is 7.70. The van der Waals surface area contributed by atoms with Gasteiger partial charge in [0.05, 0.1) is 46.8 Å². The highest BCUT2D eigenvalue weighted by molar-refractivity contribution is 5.90. The second-order valence-corrected chi connectivity index (χ2v) is 12.5. The van der Waals surface area contributed by atoms with Gasteiger partial charge in [-0.2, -0.15) is 0 Å². The van der Waals surface area contributed by atoms with Crippen LogP contribution in [0.2, 0.25) is 0 Å². The number of pyridine rings is 1. The summed E-state index contributed by atoms with van der Waals surface area (Å²) in [6.45, 7) is 13.2. The van der Waals surface area contributed by atoms with Gasteiger partial charge in [0.25, 0.3) is 0 Å². The van der Waals surface area contributed by atoms with Gasteiger partial charge in [-0.15, -0.1) is 0 Å². The highest BCUT2D eigenvalue weighted by atomic mass is 16.6. The Kier molecular flexibility index (Phi) is 18.0. The van der Waals surface area contributed by atoms with Crippen molar-refractivity contribution < 1.29 is 23.3 Å². The van der Waals surface area contributed by atoms with Crippen molar-refractivity contribution in [2.24, 2.45) is 0 Å². The number of hydrogen-bond donors (Lipinski definition) is 0. The summed E-state index contributed by atoms with van der Waals surface area (Å²) in [5.74, 6) is 0.0861. The lowest BCUT2D eigenvalue weighted by Gasteiger charge is -2.39. The number of amides is 2. The van der Waals surface area contributed by atoms with E-state index in [0.29, 0.717) is 0 Å². The fourth-order valence-electron chi connectivity index (χ4n) is 5.37. The quantitative estimate of drug-likeness (QED) is 0.107. The van der Waals surface area contributed by atoms with E-state index in [0.717, 1.165) is 19.4 Å². The van der Waals surface area contributed by atoms with Gasteiger partial charge in [-0.1, -0.05) is 65.7 Å². The van der Waals surface area contributed by atoms with Gasteiger partial charge >= 0.3 is 12.0 Å². The predicted molar refractivity (Wildman–Crippen MR) is 167 cm³/mol. The first-order valence-corrected chi connectivity index (χ1v) is 16.2. The molecule has 0 N–H and O–H groups in total. The molecule has 0 radical (unpaired) electrons. The molecule has 0 saturated heterocycles. The van der Waals surface area contributed by atoms with Crippen LogP contribution in [0.3, 0.4) is 0 Å². The van der Waals surface area contributed by atoms with Gasteiger partial charge in [-0.3, -0.25) is 4.48 Å². The van der Waals surface area contributed by atoms with Crippen molar-refractivity contribution in [3.63, 3.8) is 0 Å². The Morgan fingerprint density at radius 3 is 1.65 bits per heavy atom. The fourth-order valence-corrected chi connectivity index (χ4v) is 5.37. The molecule has 7 nitrogen and oxygen atoms in total. The molecule has 40 heavy (non-hydrogen) atoms. The molecule has 230 valence electrons. The maximum absolute atomic E-state index is 13.3. The molecule has 0 aliphatic rings. The van der Waals surface area contributed by atoms with Crippen molar-refractivity contribution in [1.82, 2.24) is 9.88 Å². The van der Waals surface area contributed by atoms with Crippen LogP contribution in [0.1, 0.15) is 121 Å². The molecule has 0 unspecified atom stereocenters. The first-order chi connectivity index (χ1) is 19.1. The highest BCUT2D eigenvalue weighted by Gasteiger charge is 2.32. The van der Waals surface area contributed by atoms with Gasteiger partial charge in [0.15, 0.2) is 5.75 Å². The summed E-state index contributed by atoms with van der Waals surface area (Å²) in [6, 6.07) is 3.30. The van der Waals surface area contributed by atoms with E-state index in [-0.39, 0.29) is 21.8 Å². The number of quaternary nitrogens is 2. The summed E-state index contributed by atoms with van der Waals surface area (Å²) in [7, 11) is 7.05. The van der Waals surface area contributed by atoms with Gasteiger partial charge in [-0.05, 0) is 57.1 Å². The molecule has 2 amide bonds. The monoisotopic (exact) mass is 562 g/mol. The van der Waals surface area contributed by atoms with Crippen LogP contribution < -0.4 is 4.74 Å². The van der Waals surface area contributed by atoms with Crippen LogP contribution in [0.4, 0.5) is 4.79 Å². The second-order valence-electron chi connectivity index (χ2n) is 12.5. The Morgan fingerprint density at radius 2 is 1.18 bits per heavy atom. The van der Waals surface area contributed by atoms with Crippen molar-refractivity contribution in [3.8, 4) is 5.75 Å². The number of rotatable bonds is 22. The first kappa shape index (κ1) is 36.0. The smallest absolute Gasteiger partial charge is 0.407 e. The molecule has 1 heterocycles. The minimum absolute atomic E-state index is 0.131. The maximum atomic E-state index is 13.3. The van der Waals surface area contributed by atoms with Crippen LogP contribution in [-0.2, 0) is 0 Å². The minimum atomic E-state index is -0.518. The molecule has 0 spiro atoms. The average Bonchev–Trinajstić information content (AvgIpc) is 2.94. The Labute approximate surface area is 246 Å². The summed E-state index contributed by atoms with van der Waals surface area (Å²) in [5, 5.41) is 0. The summed E-state index contributed by atoms with van der Waals surface area (Å²) in [5.41, 5.74) is 0.212. The topological polar surface area (TPSA) is 59.5 Å². The molecule has 0 aromatic carbocycles. The van der Waals surface area contributed by atoms with Crippen LogP contribution in [-0.4, -0.2) is 91.8 Å². The SMILES string of the molecule is CCCC[N+](CCCC)(CCCC)CCCCCCCCCC[N+](C)(C)C(=O)c1ncccc1OC(=O)N(C)C. The zero-order valence-electron chi connectivity index (χ0n) is 27.2. The third kappa shape index (κ3) is 13.6. The van der Waals surface area contributed by atoms with Gasteiger partial charge < -0.3 is 14.1 Å². The number of carbonyl (C=O) groups excluding carboxylic acids is 2. The second kappa shape index (κ2) is 20.0. The summed E-state index contributed by atoms with van der Waals surface area (Å²) in [4.78, 5) is 30.8. The van der Waals surface area contributed by atoms with E-state index in [1.165, 1.54) is 113 Å². The Morgan fingerprint density at radius 1 is 0.725 bits per heavy atom. The van der Waals surface area contributed by atoms with Crippen molar-refractivity contribution in [2.45, 2.75) is 111 Å². The maximum Gasteiger partial charge on any atom is 0.414 e. The Balaban J connectivity index is 2.38. The molecule has 0 bridgehead atoms. The van der Waals surface area contributed by atoms with E-state index in [1.54, 1.807) is 32.4 Å². The van der Waals surface area contributed by atoms with Crippen molar-refractivity contribution in [3.05, 3.63) is 24.0 Å². The van der Waals surface area contributed by atoms with E-state index < -0.39 is 6.09 Å². The van der Waals surface area contributed by atoms with Crippen LogP contribution in [0, 0.1) is 0 Å². The fraction of sp³-hybridized carbons (Fsp3) is 0.788. The molecule has 1 rings (SSSR count). The van der Waals surface area contributed by atoms with Crippen molar-refractivity contribution >= 4 is 12.0 Å². The lowest BCUT2D eigenvalue weighted by atomic mass is 10.1. The number of unbranched alkanes of at least 4 members (excludes halogenated alkanes) is 10. The van der Waals surface area contributed by atoms with E-state index in [9.17, 15) is 9.59 Å². The third-order valence-corrected chi connectivity index (χ3v) is 8.14. The lowest BCUT2D eigenvalue weighted by molar-refractivity contribution is -0.929. The van der Waals surface area contributed by atoms with Crippen LogP contribution in [0.15, 0.2) is 18.3 Å². The van der Waals surface area contributed by atoms with Crippen LogP contribution >= 0.6 is 0 Å². The number of ether oxygens (including phenoxy) is 1. The largest absolute Gasteiger partial charge is 0.414 e. The van der Waals surface area contributed by atoms with E-state index >= 15 is 0 Å². The standard InChI is InChI=1S/C33H62N4O3/c1-8-11-26-37(27-12-9-2,28-13-10-3)29-21-19-17-15-14-16-18-20-25-36(6,7)32(38)31-30(23-22-24-34-31)40-33(39)35(4)5/h22-24H,8-21,25-29H2,1-7H3/q+2. The van der Waals surface area contributed by atoms with E-state index in [4.69, 9.17) is 4.74 Å². The molecule has 0 aliphatic carbocycles. The summed E-state index contributed by atoms with van der Waals surface area (Å²) >= 11 is 0. The third-order valence-electron chi connectivity index (χ3n) is 8.14. The van der Waals surface area contributed by atoms with Crippen LogP contribution in [0.5, 0.6) is 5.75 Å². The van der Waals surface area contributed by atoms with E-state index in [1.807, 2.05) is 14.1 Å². The Bertz CT molecular complexity index is 819. The molecule has 1 aromatic heterocycles. The van der Waals surface area contributed by atoms with Crippen LogP contribution in [0.25, 0.3) is 0 Å². The van der Waals surface area contributed by atoms with Crippen molar-refractivity contribution in [1.29, 1.82) is 0 Å². The molecular formula is C33H62N4O3+2. The molecular weight excluding hydrogens is 500 g/mol. The van der Waals surface area contributed by atoms with E-state index in [2.05, 4.69) is 25.8 Å².